The number of aromatic nitrogens is 4. The van der Waals surface area contributed by atoms with Crippen LogP contribution in [0.5, 0.6) is 0 Å². The zero-order valence-electron chi connectivity index (χ0n) is 20.0. The Kier molecular flexibility index (Phi) is 6.02. The average Bonchev–Trinajstić information content (AvgIpc) is 3.38. The highest BCUT2D eigenvalue weighted by Crippen LogP contribution is 2.29. The summed E-state index contributed by atoms with van der Waals surface area (Å²) in [6.07, 6.45) is 2.08. The molecule has 2 aromatic heterocycles. The lowest BCUT2D eigenvalue weighted by molar-refractivity contribution is 0.0628. The number of amides is 1. The second kappa shape index (κ2) is 9.27. The smallest absolute Gasteiger partial charge is 0.258 e. The SMILES string of the molecule is Cc1nn(C)cc1CN1CCN(C(=O)c2c(-c3ccccc3)nn(-c3ccccc3)c2C)CC1. The van der Waals surface area contributed by atoms with E-state index in [0.29, 0.717) is 18.7 Å². The summed E-state index contributed by atoms with van der Waals surface area (Å²) in [5, 5.41) is 9.35. The first-order valence-electron chi connectivity index (χ1n) is 11.7. The number of nitrogens with zero attached hydrogens (tertiary/aromatic N) is 6. The first-order valence-corrected chi connectivity index (χ1v) is 11.7. The molecular formula is C27H30N6O. The molecule has 34 heavy (non-hydrogen) atoms. The third-order valence-corrected chi connectivity index (χ3v) is 6.55. The summed E-state index contributed by atoms with van der Waals surface area (Å²) in [5.74, 6) is 0.0516. The Morgan fingerprint density at radius 3 is 2.15 bits per heavy atom. The topological polar surface area (TPSA) is 59.2 Å². The van der Waals surface area contributed by atoms with E-state index < -0.39 is 0 Å². The molecule has 0 spiro atoms. The predicted octanol–water partition coefficient (Wildman–Crippen LogP) is 3.85. The number of carbonyl (C=O) groups excluding carboxylic acids is 1. The van der Waals surface area contributed by atoms with Crippen molar-refractivity contribution in [2.24, 2.45) is 7.05 Å². The molecule has 0 radical (unpaired) electrons. The van der Waals surface area contributed by atoms with Gasteiger partial charge in [-0.05, 0) is 26.0 Å². The number of hydrogen-bond acceptors (Lipinski definition) is 4. The Hall–Kier alpha value is -3.71. The number of benzene rings is 2. The van der Waals surface area contributed by atoms with E-state index in [4.69, 9.17) is 5.10 Å². The lowest BCUT2D eigenvalue weighted by atomic mass is 10.0. The molecule has 1 aliphatic heterocycles. The molecule has 7 nitrogen and oxygen atoms in total. The number of rotatable bonds is 5. The lowest BCUT2D eigenvalue weighted by Gasteiger charge is -2.34. The normalized spacial score (nSPS) is 14.5. The standard InChI is InChI=1S/C27H30N6O/c1-20-23(18-30(3)28-20)19-31-14-16-32(17-15-31)27(34)25-21(2)33(24-12-8-5-9-13-24)29-26(25)22-10-6-4-7-11-22/h4-13,18H,14-17,19H2,1-3H3. The van der Waals surface area contributed by atoms with E-state index in [0.717, 1.165) is 48.0 Å². The van der Waals surface area contributed by atoms with Crippen LogP contribution in [0.4, 0.5) is 0 Å². The van der Waals surface area contributed by atoms with Crippen LogP contribution >= 0.6 is 0 Å². The summed E-state index contributed by atoms with van der Waals surface area (Å²) in [5.41, 5.74) is 6.50. The van der Waals surface area contributed by atoms with Gasteiger partial charge in [0.1, 0.15) is 5.69 Å². The van der Waals surface area contributed by atoms with E-state index in [2.05, 4.69) is 16.2 Å². The third-order valence-electron chi connectivity index (χ3n) is 6.55. The van der Waals surface area contributed by atoms with Crippen molar-refractivity contribution in [2.75, 3.05) is 26.2 Å². The van der Waals surface area contributed by atoms with E-state index >= 15 is 0 Å². The predicted molar refractivity (Wildman–Crippen MR) is 133 cm³/mol. The maximum atomic E-state index is 13.8. The van der Waals surface area contributed by atoms with Crippen molar-refractivity contribution in [3.63, 3.8) is 0 Å². The summed E-state index contributed by atoms with van der Waals surface area (Å²) in [6, 6.07) is 20.0. The molecule has 0 saturated carbocycles. The number of hydrogen-bond donors (Lipinski definition) is 0. The number of para-hydroxylation sites is 1. The van der Waals surface area contributed by atoms with Gasteiger partial charge in [0.05, 0.1) is 22.6 Å². The molecule has 4 aromatic rings. The highest BCUT2D eigenvalue weighted by atomic mass is 16.2. The molecule has 1 aliphatic rings. The number of piperazine rings is 1. The molecule has 0 atom stereocenters. The van der Waals surface area contributed by atoms with E-state index in [1.54, 1.807) is 0 Å². The molecular weight excluding hydrogens is 424 g/mol. The average molecular weight is 455 g/mol. The highest BCUT2D eigenvalue weighted by Gasteiger charge is 2.29. The molecule has 0 N–H and O–H groups in total. The largest absolute Gasteiger partial charge is 0.336 e. The van der Waals surface area contributed by atoms with Crippen LogP contribution in [0.2, 0.25) is 0 Å². The molecule has 0 bridgehead atoms. The fourth-order valence-electron chi connectivity index (χ4n) is 4.69. The Bertz CT molecular complexity index is 1280. The van der Waals surface area contributed by atoms with Crippen molar-refractivity contribution in [2.45, 2.75) is 20.4 Å². The van der Waals surface area contributed by atoms with Crippen molar-refractivity contribution in [1.29, 1.82) is 0 Å². The van der Waals surface area contributed by atoms with Gasteiger partial charge in [0, 0.05) is 57.1 Å². The summed E-state index contributed by atoms with van der Waals surface area (Å²) in [4.78, 5) is 18.2. The van der Waals surface area contributed by atoms with Crippen LogP contribution in [-0.4, -0.2) is 61.4 Å². The zero-order chi connectivity index (χ0) is 23.7. The minimum atomic E-state index is 0.0516. The second-order valence-corrected chi connectivity index (χ2v) is 8.90. The molecule has 1 saturated heterocycles. The molecule has 1 amide bonds. The summed E-state index contributed by atoms with van der Waals surface area (Å²) in [6.45, 7) is 7.97. The fraction of sp³-hybridized carbons (Fsp3) is 0.296. The second-order valence-electron chi connectivity index (χ2n) is 8.90. The van der Waals surface area contributed by atoms with Crippen LogP contribution in [-0.2, 0) is 13.6 Å². The molecule has 7 heteroatoms. The molecule has 0 aliphatic carbocycles. The first-order chi connectivity index (χ1) is 16.5. The van der Waals surface area contributed by atoms with Crippen LogP contribution < -0.4 is 0 Å². The maximum absolute atomic E-state index is 13.8. The van der Waals surface area contributed by atoms with Crippen molar-refractivity contribution in [3.8, 4) is 16.9 Å². The molecule has 0 unspecified atom stereocenters. The number of carbonyl (C=O) groups is 1. The molecule has 2 aromatic carbocycles. The molecule has 5 rings (SSSR count). The van der Waals surface area contributed by atoms with Gasteiger partial charge in [-0.3, -0.25) is 14.4 Å². The van der Waals surface area contributed by atoms with Crippen molar-refractivity contribution < 1.29 is 4.79 Å². The monoisotopic (exact) mass is 454 g/mol. The van der Waals surface area contributed by atoms with Crippen LogP contribution in [0, 0.1) is 13.8 Å². The summed E-state index contributed by atoms with van der Waals surface area (Å²) >= 11 is 0. The molecule has 1 fully saturated rings. The number of aryl methyl sites for hydroxylation is 2. The Morgan fingerprint density at radius 2 is 1.53 bits per heavy atom. The summed E-state index contributed by atoms with van der Waals surface area (Å²) < 4.78 is 3.75. The van der Waals surface area contributed by atoms with Crippen molar-refractivity contribution in [3.05, 3.63) is 89.4 Å². The highest BCUT2D eigenvalue weighted by molar-refractivity contribution is 6.01. The van der Waals surface area contributed by atoms with Gasteiger partial charge in [-0.2, -0.15) is 10.2 Å². The van der Waals surface area contributed by atoms with Gasteiger partial charge < -0.3 is 4.90 Å². The van der Waals surface area contributed by atoms with Gasteiger partial charge in [-0.1, -0.05) is 48.5 Å². The summed E-state index contributed by atoms with van der Waals surface area (Å²) in [7, 11) is 1.95. The minimum absolute atomic E-state index is 0.0516. The van der Waals surface area contributed by atoms with Gasteiger partial charge in [0.15, 0.2) is 0 Å². The van der Waals surface area contributed by atoms with Gasteiger partial charge in [0.25, 0.3) is 5.91 Å². The Balaban J connectivity index is 1.40. The van der Waals surface area contributed by atoms with Crippen LogP contribution in [0.1, 0.15) is 27.3 Å². The van der Waals surface area contributed by atoms with Gasteiger partial charge in [-0.25, -0.2) is 4.68 Å². The zero-order valence-corrected chi connectivity index (χ0v) is 20.0. The van der Waals surface area contributed by atoms with E-state index in [1.807, 2.05) is 95.8 Å². The van der Waals surface area contributed by atoms with Gasteiger partial charge in [-0.15, -0.1) is 0 Å². The van der Waals surface area contributed by atoms with Crippen molar-refractivity contribution in [1.82, 2.24) is 29.4 Å². The Morgan fingerprint density at radius 1 is 0.882 bits per heavy atom. The van der Waals surface area contributed by atoms with E-state index in [1.165, 1.54) is 5.56 Å². The fourth-order valence-corrected chi connectivity index (χ4v) is 4.69. The van der Waals surface area contributed by atoms with Crippen LogP contribution in [0.15, 0.2) is 66.9 Å². The molecule has 174 valence electrons. The van der Waals surface area contributed by atoms with Crippen LogP contribution in [0.25, 0.3) is 16.9 Å². The van der Waals surface area contributed by atoms with Crippen LogP contribution in [0.3, 0.4) is 0 Å². The van der Waals surface area contributed by atoms with Gasteiger partial charge in [0.2, 0.25) is 0 Å². The maximum Gasteiger partial charge on any atom is 0.258 e. The van der Waals surface area contributed by atoms with Gasteiger partial charge >= 0.3 is 0 Å². The van der Waals surface area contributed by atoms with Crippen molar-refractivity contribution >= 4 is 5.91 Å². The first kappa shape index (κ1) is 22.1. The van der Waals surface area contributed by atoms with E-state index in [9.17, 15) is 4.79 Å². The lowest BCUT2D eigenvalue weighted by Crippen LogP contribution is -2.48. The Labute approximate surface area is 200 Å². The van der Waals surface area contributed by atoms with E-state index in [-0.39, 0.29) is 5.91 Å². The minimum Gasteiger partial charge on any atom is -0.336 e. The third kappa shape index (κ3) is 4.26. The molecule has 3 heterocycles. The quantitative estimate of drug-likeness (QED) is 0.460.